The van der Waals surface area contributed by atoms with Gasteiger partial charge in [0.05, 0.1) is 0 Å². The van der Waals surface area contributed by atoms with E-state index < -0.39 is 0 Å². The molecule has 0 spiro atoms. The Bertz CT molecular complexity index is 134. The third kappa shape index (κ3) is 1.90. The zero-order valence-corrected chi connectivity index (χ0v) is 9.37. The van der Waals surface area contributed by atoms with Gasteiger partial charge in [-0.25, -0.2) is 0 Å². The average molecular weight is 209 g/mol. The highest BCUT2D eigenvalue weighted by molar-refractivity contribution is 7.85. The van der Waals surface area contributed by atoms with Gasteiger partial charge in [0.2, 0.25) is 0 Å². The monoisotopic (exact) mass is 208 g/mol. The van der Waals surface area contributed by atoms with Crippen molar-refractivity contribution in [3.8, 4) is 0 Å². The van der Waals surface area contributed by atoms with Crippen LogP contribution in [-0.4, -0.2) is 23.6 Å². The van der Waals surface area contributed by atoms with Crippen LogP contribution in [0, 0.1) is 0 Å². The summed E-state index contributed by atoms with van der Waals surface area (Å²) in [7, 11) is 1.19. The molecule has 0 bridgehead atoms. The topological polar surface area (TPSA) is 0 Å². The quantitative estimate of drug-likeness (QED) is 0.578. The van der Waals surface area contributed by atoms with Gasteiger partial charge in [-0.1, -0.05) is 11.2 Å². The van der Waals surface area contributed by atoms with Gasteiger partial charge >= 0.3 is 0 Å². The van der Waals surface area contributed by atoms with Gasteiger partial charge in [0.25, 0.3) is 0 Å². The highest BCUT2D eigenvalue weighted by Gasteiger charge is 2.33. The van der Waals surface area contributed by atoms with Crippen molar-refractivity contribution in [2.75, 3.05) is 12.3 Å². The smallest absolute Gasteiger partial charge is 0.000509 e. The van der Waals surface area contributed by atoms with E-state index in [1.807, 2.05) is 0 Å². The van der Waals surface area contributed by atoms with E-state index in [4.69, 9.17) is 11.2 Å². The second kappa shape index (κ2) is 3.91. The number of halogens is 1. The van der Waals surface area contributed by atoms with Crippen molar-refractivity contribution in [2.24, 2.45) is 0 Å². The molecule has 3 heteroatoms. The summed E-state index contributed by atoms with van der Waals surface area (Å²) in [6, 6.07) is 0. The van der Waals surface area contributed by atoms with Gasteiger partial charge in [0.15, 0.2) is 0 Å². The molecule has 0 nitrogen and oxygen atoms in total. The van der Waals surface area contributed by atoms with E-state index in [2.05, 4.69) is 0 Å². The van der Waals surface area contributed by atoms with Crippen LogP contribution >= 0.6 is 27.1 Å². The molecule has 11 heavy (non-hydrogen) atoms. The molecule has 0 saturated carbocycles. The average Bonchev–Trinajstić information content (AvgIpc) is 2.55. The van der Waals surface area contributed by atoms with Gasteiger partial charge in [-0.2, -0.15) is 0 Å². The molecule has 4 atom stereocenters. The van der Waals surface area contributed by atoms with Gasteiger partial charge in [-0.15, -0.1) is 8.58 Å². The number of hydrogen-bond acceptors (Lipinski definition) is 0. The molecule has 1 unspecified atom stereocenters. The summed E-state index contributed by atoms with van der Waals surface area (Å²) in [4.78, 5) is 0. The highest BCUT2D eigenvalue weighted by Crippen LogP contribution is 2.59. The summed E-state index contributed by atoms with van der Waals surface area (Å²) in [6.07, 6.45) is 8.70. The first-order chi connectivity index (χ1) is 5.38. The van der Waals surface area contributed by atoms with E-state index in [1.54, 1.807) is 0 Å². The molecule has 2 heterocycles. The van der Waals surface area contributed by atoms with E-state index in [9.17, 15) is 0 Å². The predicted molar refractivity (Wildman–Crippen MR) is 56.9 cm³/mol. The molecule has 2 fully saturated rings. The maximum Gasteiger partial charge on any atom is -0.000509 e. The van der Waals surface area contributed by atoms with Crippen molar-refractivity contribution in [1.29, 1.82) is 0 Å². The Kier molecular flexibility index (Phi) is 3.10. The molecule has 2 rings (SSSR count). The fourth-order valence-electron chi connectivity index (χ4n) is 2.19. The molecule has 0 aromatic rings. The van der Waals surface area contributed by atoms with Gasteiger partial charge < -0.3 is 0 Å². The molecule has 0 N–H and O–H groups in total. The van der Waals surface area contributed by atoms with Gasteiger partial charge in [-0.3, -0.25) is 0 Å². The Hall–Kier alpha value is 1.15. The Labute approximate surface area is 76.8 Å². The molecule has 0 aromatic heterocycles. The van der Waals surface area contributed by atoms with Crippen molar-refractivity contribution in [2.45, 2.75) is 37.0 Å². The summed E-state index contributed by atoms with van der Waals surface area (Å²) in [5.74, 6) is 0. The van der Waals surface area contributed by atoms with Gasteiger partial charge in [0, 0.05) is 0 Å². The zero-order valence-electron chi connectivity index (χ0n) is 6.72. The summed E-state index contributed by atoms with van der Waals surface area (Å²) in [5, 5.41) is 0. The fraction of sp³-hybridized carbons (Fsp3) is 1.00. The first-order valence-corrected chi connectivity index (χ1v) is 8.32. The molecule has 2 aliphatic rings. The van der Waals surface area contributed by atoms with Crippen LogP contribution in [0.4, 0.5) is 0 Å². The first kappa shape index (κ1) is 8.74. The lowest BCUT2D eigenvalue weighted by Crippen LogP contribution is -2.12. The Balaban J connectivity index is 1.92. The standard InChI is InChI=1S/C8H15ClP2/c9-11-6-2-4-8(11)7-3-1-5-10-7/h7-8,10H,1-6H2/t7-,8-,11-/m1/s1. The van der Waals surface area contributed by atoms with E-state index in [0.717, 1.165) is 11.3 Å². The number of rotatable bonds is 1. The van der Waals surface area contributed by atoms with E-state index in [0.29, 0.717) is 0 Å². The van der Waals surface area contributed by atoms with Crippen molar-refractivity contribution in [3.05, 3.63) is 0 Å². The Morgan fingerprint density at radius 3 is 2.73 bits per heavy atom. The molecule has 0 aliphatic carbocycles. The van der Waals surface area contributed by atoms with Crippen LogP contribution < -0.4 is 0 Å². The second-order valence-corrected chi connectivity index (χ2v) is 8.40. The summed E-state index contributed by atoms with van der Waals surface area (Å²) in [6.45, 7) is 0. The summed E-state index contributed by atoms with van der Waals surface area (Å²) < 4.78 is 0. The SMILES string of the molecule is Cl[P@]1CCC[C@@H]1[C@H]1CCCP1. The lowest BCUT2D eigenvalue weighted by molar-refractivity contribution is 0.698. The van der Waals surface area contributed by atoms with E-state index in [-0.39, 0.29) is 7.27 Å². The normalized spacial score (nSPS) is 47.2. The predicted octanol–water partition coefficient (Wildman–Crippen LogP) is 3.63. The lowest BCUT2D eigenvalue weighted by Gasteiger charge is -2.20. The molecule has 2 saturated heterocycles. The van der Waals surface area contributed by atoms with Crippen LogP contribution in [-0.2, 0) is 0 Å². The highest BCUT2D eigenvalue weighted by atomic mass is 35.7. The number of hydrogen-bond donors (Lipinski definition) is 0. The molecule has 0 amide bonds. The molecule has 0 aromatic carbocycles. The third-order valence-corrected chi connectivity index (χ3v) is 8.27. The van der Waals surface area contributed by atoms with Gasteiger partial charge in [0.1, 0.15) is 0 Å². The van der Waals surface area contributed by atoms with Crippen molar-refractivity contribution in [3.63, 3.8) is 0 Å². The third-order valence-electron chi connectivity index (χ3n) is 2.79. The van der Waals surface area contributed by atoms with Crippen LogP contribution in [0.1, 0.15) is 25.7 Å². The molecular weight excluding hydrogens is 193 g/mol. The maximum atomic E-state index is 6.33. The largest absolute Gasteiger partial charge is 0.118 e. The van der Waals surface area contributed by atoms with Crippen molar-refractivity contribution < 1.29 is 0 Å². The van der Waals surface area contributed by atoms with Crippen LogP contribution in [0.3, 0.4) is 0 Å². The molecule has 64 valence electrons. The van der Waals surface area contributed by atoms with Crippen LogP contribution in [0.5, 0.6) is 0 Å². The molecular formula is C8H15ClP2. The summed E-state index contributed by atoms with van der Waals surface area (Å²) in [5.41, 5.74) is 2.02. The van der Waals surface area contributed by atoms with Crippen LogP contribution in [0.25, 0.3) is 0 Å². The van der Waals surface area contributed by atoms with Gasteiger partial charge in [-0.05, 0) is 56.6 Å². The van der Waals surface area contributed by atoms with Crippen molar-refractivity contribution >= 4 is 27.1 Å². The molecule has 0 radical (unpaired) electrons. The fourth-order valence-corrected chi connectivity index (χ4v) is 7.84. The Morgan fingerprint density at radius 1 is 1.27 bits per heavy atom. The van der Waals surface area contributed by atoms with E-state index in [1.165, 1.54) is 46.6 Å². The minimum Gasteiger partial charge on any atom is -0.118 e. The van der Waals surface area contributed by atoms with E-state index >= 15 is 0 Å². The maximum absolute atomic E-state index is 6.33. The Morgan fingerprint density at radius 2 is 2.18 bits per heavy atom. The molecule has 2 aliphatic heterocycles. The zero-order chi connectivity index (χ0) is 7.68. The van der Waals surface area contributed by atoms with Crippen LogP contribution in [0.15, 0.2) is 0 Å². The lowest BCUT2D eigenvalue weighted by atomic mass is 10.1. The summed E-state index contributed by atoms with van der Waals surface area (Å²) >= 11 is 6.33. The minimum atomic E-state index is -0.0603. The minimum absolute atomic E-state index is 0.0603. The van der Waals surface area contributed by atoms with Crippen LogP contribution in [0.2, 0.25) is 0 Å². The first-order valence-electron chi connectivity index (χ1n) is 4.54. The second-order valence-electron chi connectivity index (χ2n) is 3.54. The van der Waals surface area contributed by atoms with Crippen molar-refractivity contribution in [1.82, 2.24) is 0 Å².